The molecular formula is C20H26F2N4O5S. The van der Waals surface area contributed by atoms with E-state index in [0.717, 1.165) is 12.1 Å². The number of thioether (sulfide) groups is 1. The van der Waals surface area contributed by atoms with Gasteiger partial charge in [0.2, 0.25) is 11.8 Å². The van der Waals surface area contributed by atoms with E-state index in [1.165, 1.54) is 23.8 Å². The standard InChI is InChI=1S/C20H26F2N4O5S/c1-31-17(28)4-3-8-23-19(29)18-15(7-9-26(18)16(27)11-32-2)25-20(30)24-14-6-5-12(21)10-13(14)22/h5-6,10,15,18H,3-4,7-9,11H2,1-2H3,(H,23,29)(H2,24,25,30)/t15-,18+/m0/s1. The lowest BCUT2D eigenvalue weighted by atomic mass is 10.1. The summed E-state index contributed by atoms with van der Waals surface area (Å²) in [5.74, 6) is -2.67. The van der Waals surface area contributed by atoms with Crippen molar-refractivity contribution in [3.63, 3.8) is 0 Å². The van der Waals surface area contributed by atoms with Gasteiger partial charge in [0.15, 0.2) is 0 Å². The number of amides is 4. The van der Waals surface area contributed by atoms with Crippen LogP contribution >= 0.6 is 11.8 Å². The fourth-order valence-electron chi connectivity index (χ4n) is 3.32. The number of nitrogens with zero attached hydrogens (tertiary/aromatic N) is 1. The number of halogens is 2. The molecule has 1 aromatic rings. The van der Waals surface area contributed by atoms with E-state index < -0.39 is 41.6 Å². The van der Waals surface area contributed by atoms with Crippen molar-refractivity contribution in [2.75, 3.05) is 37.5 Å². The van der Waals surface area contributed by atoms with Crippen molar-refractivity contribution in [1.82, 2.24) is 15.5 Å². The Hall–Kier alpha value is -2.89. The van der Waals surface area contributed by atoms with Gasteiger partial charge in [-0.25, -0.2) is 13.6 Å². The number of rotatable bonds is 9. The molecule has 0 aromatic heterocycles. The van der Waals surface area contributed by atoms with Crippen LogP contribution in [0.15, 0.2) is 18.2 Å². The molecule has 2 rings (SSSR count). The maximum Gasteiger partial charge on any atom is 0.319 e. The molecule has 1 fully saturated rings. The van der Waals surface area contributed by atoms with Gasteiger partial charge in [0, 0.05) is 25.6 Å². The Kier molecular flexibility index (Phi) is 9.69. The van der Waals surface area contributed by atoms with Crippen LogP contribution in [0.4, 0.5) is 19.3 Å². The molecule has 1 saturated heterocycles. The Balaban J connectivity index is 2.04. The molecule has 1 aromatic carbocycles. The fraction of sp³-hybridized carbons (Fsp3) is 0.500. The number of ether oxygens (including phenoxy) is 1. The fourth-order valence-corrected chi connectivity index (χ4v) is 3.74. The number of likely N-dealkylation sites (tertiary alicyclic amines) is 1. The minimum absolute atomic E-state index is 0.129. The van der Waals surface area contributed by atoms with Crippen molar-refractivity contribution in [1.29, 1.82) is 0 Å². The lowest BCUT2D eigenvalue weighted by molar-refractivity contribution is -0.140. The van der Waals surface area contributed by atoms with E-state index >= 15 is 0 Å². The highest BCUT2D eigenvalue weighted by molar-refractivity contribution is 7.99. The highest BCUT2D eigenvalue weighted by Crippen LogP contribution is 2.21. The van der Waals surface area contributed by atoms with E-state index in [2.05, 4.69) is 20.7 Å². The number of benzene rings is 1. The molecule has 2 atom stereocenters. The number of anilines is 1. The summed E-state index contributed by atoms with van der Waals surface area (Å²) in [6.07, 6.45) is 2.56. The summed E-state index contributed by atoms with van der Waals surface area (Å²) < 4.78 is 31.4. The maximum atomic E-state index is 13.8. The van der Waals surface area contributed by atoms with Crippen molar-refractivity contribution in [3.05, 3.63) is 29.8 Å². The van der Waals surface area contributed by atoms with Crippen LogP contribution in [0, 0.1) is 11.6 Å². The highest BCUT2D eigenvalue weighted by atomic mass is 32.2. The predicted octanol–water partition coefficient (Wildman–Crippen LogP) is 1.49. The summed E-state index contributed by atoms with van der Waals surface area (Å²) in [5.41, 5.74) is -0.221. The first-order chi connectivity index (χ1) is 15.3. The number of nitrogens with one attached hydrogen (secondary N) is 3. The van der Waals surface area contributed by atoms with Gasteiger partial charge in [-0.15, -0.1) is 0 Å². The van der Waals surface area contributed by atoms with Crippen molar-refractivity contribution in [2.45, 2.75) is 31.3 Å². The van der Waals surface area contributed by atoms with Crippen LogP contribution in [-0.4, -0.2) is 73.0 Å². The molecule has 1 aliphatic heterocycles. The van der Waals surface area contributed by atoms with Crippen molar-refractivity contribution >= 4 is 41.3 Å². The van der Waals surface area contributed by atoms with Crippen LogP contribution < -0.4 is 16.0 Å². The first kappa shape index (κ1) is 25.4. The van der Waals surface area contributed by atoms with Crippen LogP contribution in [0.1, 0.15) is 19.3 Å². The van der Waals surface area contributed by atoms with E-state index in [-0.39, 0.29) is 36.9 Å². The first-order valence-electron chi connectivity index (χ1n) is 9.92. The molecule has 0 spiro atoms. The Bertz CT molecular complexity index is 857. The summed E-state index contributed by atoms with van der Waals surface area (Å²) in [4.78, 5) is 50.3. The molecule has 12 heteroatoms. The van der Waals surface area contributed by atoms with Gasteiger partial charge >= 0.3 is 12.0 Å². The SMILES string of the molecule is COC(=O)CCCNC(=O)[C@H]1[C@@H](NC(=O)Nc2ccc(F)cc2F)CCN1C(=O)CSC. The second-order valence-electron chi connectivity index (χ2n) is 7.05. The number of methoxy groups -OCH3 is 1. The van der Waals surface area contributed by atoms with Crippen molar-refractivity contribution < 1.29 is 32.7 Å². The smallest absolute Gasteiger partial charge is 0.319 e. The molecular weight excluding hydrogens is 446 g/mol. The molecule has 0 unspecified atom stereocenters. The van der Waals surface area contributed by atoms with Crippen molar-refractivity contribution in [2.24, 2.45) is 0 Å². The normalized spacial score (nSPS) is 17.6. The van der Waals surface area contributed by atoms with Crippen LogP contribution in [-0.2, 0) is 19.1 Å². The van der Waals surface area contributed by atoms with Gasteiger partial charge in [0.1, 0.15) is 17.7 Å². The second-order valence-corrected chi connectivity index (χ2v) is 7.92. The van der Waals surface area contributed by atoms with Crippen LogP contribution in [0.2, 0.25) is 0 Å². The average molecular weight is 473 g/mol. The van der Waals surface area contributed by atoms with Gasteiger partial charge in [-0.1, -0.05) is 0 Å². The molecule has 4 amide bonds. The zero-order chi connectivity index (χ0) is 23.7. The molecule has 176 valence electrons. The molecule has 1 aliphatic rings. The lowest BCUT2D eigenvalue weighted by Crippen LogP contribution is -2.55. The van der Waals surface area contributed by atoms with Gasteiger partial charge in [-0.3, -0.25) is 14.4 Å². The number of hydrogen-bond acceptors (Lipinski definition) is 6. The van der Waals surface area contributed by atoms with Gasteiger partial charge in [0.25, 0.3) is 0 Å². The van der Waals surface area contributed by atoms with Crippen LogP contribution in [0.3, 0.4) is 0 Å². The van der Waals surface area contributed by atoms with Crippen LogP contribution in [0.25, 0.3) is 0 Å². The lowest BCUT2D eigenvalue weighted by Gasteiger charge is -2.27. The Morgan fingerprint density at radius 2 is 2.00 bits per heavy atom. The minimum atomic E-state index is -0.961. The highest BCUT2D eigenvalue weighted by Gasteiger charge is 2.42. The van der Waals surface area contributed by atoms with Gasteiger partial charge < -0.3 is 25.6 Å². The largest absolute Gasteiger partial charge is 0.469 e. The molecule has 1 heterocycles. The molecule has 3 N–H and O–H groups in total. The predicted molar refractivity (Wildman–Crippen MR) is 115 cm³/mol. The number of urea groups is 1. The molecule has 0 aliphatic carbocycles. The minimum Gasteiger partial charge on any atom is -0.469 e. The average Bonchev–Trinajstić information content (AvgIpc) is 3.16. The summed E-state index contributed by atoms with van der Waals surface area (Å²) >= 11 is 1.31. The van der Waals surface area contributed by atoms with E-state index in [1.807, 2.05) is 0 Å². The third kappa shape index (κ3) is 7.08. The van der Waals surface area contributed by atoms with Crippen LogP contribution in [0.5, 0.6) is 0 Å². The van der Waals surface area contributed by atoms with Gasteiger partial charge in [-0.05, 0) is 31.2 Å². The summed E-state index contributed by atoms with van der Waals surface area (Å²) in [6.45, 7) is 0.449. The van der Waals surface area contributed by atoms with Gasteiger partial charge in [0.05, 0.1) is 24.6 Å². The zero-order valence-corrected chi connectivity index (χ0v) is 18.6. The number of carbonyl (C=O) groups excluding carboxylic acids is 4. The number of esters is 1. The topological polar surface area (TPSA) is 117 Å². The molecule has 0 radical (unpaired) electrons. The van der Waals surface area contributed by atoms with E-state index in [1.54, 1.807) is 6.26 Å². The summed E-state index contributed by atoms with van der Waals surface area (Å²) in [6, 6.07) is 0.253. The zero-order valence-electron chi connectivity index (χ0n) is 17.8. The maximum absolute atomic E-state index is 13.8. The van der Waals surface area contributed by atoms with E-state index in [4.69, 9.17) is 0 Å². The Morgan fingerprint density at radius 1 is 1.25 bits per heavy atom. The summed E-state index contributed by atoms with van der Waals surface area (Å²) in [7, 11) is 1.27. The molecule has 0 saturated carbocycles. The Labute approximate surface area is 188 Å². The second kappa shape index (κ2) is 12.2. The van der Waals surface area contributed by atoms with E-state index in [0.29, 0.717) is 18.9 Å². The first-order valence-corrected chi connectivity index (χ1v) is 11.3. The number of hydrogen-bond donors (Lipinski definition) is 3. The molecule has 0 bridgehead atoms. The monoisotopic (exact) mass is 472 g/mol. The molecule has 32 heavy (non-hydrogen) atoms. The quantitative estimate of drug-likeness (QED) is 0.370. The van der Waals surface area contributed by atoms with Crippen molar-refractivity contribution in [3.8, 4) is 0 Å². The summed E-state index contributed by atoms with van der Waals surface area (Å²) in [5, 5.41) is 7.56. The molecule has 9 nitrogen and oxygen atoms in total. The third-order valence-electron chi connectivity index (χ3n) is 4.84. The van der Waals surface area contributed by atoms with Gasteiger partial charge in [-0.2, -0.15) is 11.8 Å². The Morgan fingerprint density at radius 3 is 2.66 bits per heavy atom. The number of carbonyl (C=O) groups is 4. The third-order valence-corrected chi connectivity index (χ3v) is 5.37. The van der Waals surface area contributed by atoms with E-state index in [9.17, 15) is 28.0 Å².